The van der Waals surface area contributed by atoms with E-state index in [-0.39, 0.29) is 0 Å². The minimum absolute atomic E-state index is 0.746. The second kappa shape index (κ2) is 8.45. The van der Waals surface area contributed by atoms with Gasteiger partial charge >= 0.3 is 0 Å². The molecule has 0 radical (unpaired) electrons. The summed E-state index contributed by atoms with van der Waals surface area (Å²) in [5.41, 5.74) is 9.00. The van der Waals surface area contributed by atoms with Gasteiger partial charge in [0, 0.05) is 22.5 Å². The fourth-order valence-corrected chi connectivity index (χ4v) is 4.49. The zero-order valence-corrected chi connectivity index (χ0v) is 19.0. The average Bonchev–Trinajstić information content (AvgIpc) is 3.14. The zero-order chi connectivity index (χ0) is 22.1. The van der Waals surface area contributed by atoms with Gasteiger partial charge in [-0.15, -0.1) is 0 Å². The van der Waals surface area contributed by atoms with Crippen molar-refractivity contribution in [3.05, 3.63) is 125 Å². The van der Waals surface area contributed by atoms with Crippen molar-refractivity contribution in [2.24, 2.45) is 0 Å². The van der Waals surface area contributed by atoms with Gasteiger partial charge in [0.15, 0.2) is 4.77 Å². The molecule has 0 bridgehead atoms. The number of benzene rings is 4. The van der Waals surface area contributed by atoms with E-state index in [9.17, 15) is 0 Å². The molecule has 1 heterocycles. The lowest BCUT2D eigenvalue weighted by molar-refractivity contribution is 0.960. The van der Waals surface area contributed by atoms with E-state index in [1.54, 1.807) is 0 Å². The van der Waals surface area contributed by atoms with Gasteiger partial charge in [-0.1, -0.05) is 96.1 Å². The molecule has 5 rings (SSSR count). The third-order valence-corrected chi connectivity index (χ3v) is 6.10. The van der Waals surface area contributed by atoms with Crippen molar-refractivity contribution in [3.8, 4) is 33.9 Å². The maximum atomic E-state index is 6.16. The molecule has 0 N–H and O–H groups in total. The Morgan fingerprint density at radius 3 is 1.16 bits per heavy atom. The van der Waals surface area contributed by atoms with Gasteiger partial charge in [-0.3, -0.25) is 9.13 Å². The summed E-state index contributed by atoms with van der Waals surface area (Å²) in [4.78, 5) is 0. The van der Waals surface area contributed by atoms with Crippen molar-refractivity contribution >= 4 is 12.2 Å². The lowest BCUT2D eigenvalue weighted by atomic mass is 10.0. The topological polar surface area (TPSA) is 9.86 Å². The highest BCUT2D eigenvalue weighted by atomic mass is 32.1. The highest BCUT2D eigenvalue weighted by Gasteiger charge is 2.22. The van der Waals surface area contributed by atoms with Crippen molar-refractivity contribution in [2.45, 2.75) is 13.8 Å². The van der Waals surface area contributed by atoms with Crippen LogP contribution in [0, 0.1) is 18.6 Å². The van der Waals surface area contributed by atoms with Crippen LogP contribution in [0.2, 0.25) is 0 Å². The summed E-state index contributed by atoms with van der Waals surface area (Å²) in [5, 5.41) is 0. The number of imidazole rings is 1. The molecule has 0 unspecified atom stereocenters. The van der Waals surface area contributed by atoms with Crippen LogP contribution in [0.25, 0.3) is 33.9 Å². The third-order valence-electron chi connectivity index (χ3n) is 5.73. The maximum absolute atomic E-state index is 6.16. The van der Waals surface area contributed by atoms with Crippen LogP contribution < -0.4 is 0 Å². The van der Waals surface area contributed by atoms with E-state index in [0.717, 1.165) is 38.7 Å². The second-order valence-electron chi connectivity index (χ2n) is 8.05. The molecule has 32 heavy (non-hydrogen) atoms. The van der Waals surface area contributed by atoms with Crippen LogP contribution in [0.15, 0.2) is 109 Å². The lowest BCUT2D eigenvalue weighted by Crippen LogP contribution is -1.99. The van der Waals surface area contributed by atoms with Crippen LogP contribution in [0.1, 0.15) is 11.1 Å². The molecule has 156 valence electrons. The molecular formula is C29H24N2S. The molecule has 4 aromatic carbocycles. The van der Waals surface area contributed by atoms with Gasteiger partial charge in [0.05, 0.1) is 11.4 Å². The summed E-state index contributed by atoms with van der Waals surface area (Å²) in [5.74, 6) is 0. The smallest absolute Gasteiger partial charge is 0.190 e. The SMILES string of the molecule is Cc1ccc(-n2c(-c3ccccc3)c(-c3ccccc3)n(-c3ccc(C)cc3)c2=S)cc1. The first-order valence-corrected chi connectivity index (χ1v) is 11.2. The highest BCUT2D eigenvalue weighted by molar-refractivity contribution is 7.71. The molecule has 0 spiro atoms. The molecule has 0 atom stereocenters. The normalized spacial score (nSPS) is 10.9. The predicted octanol–water partition coefficient (Wildman–Crippen LogP) is 7.95. The first-order chi connectivity index (χ1) is 15.6. The molecule has 0 saturated heterocycles. The number of aromatic nitrogens is 2. The van der Waals surface area contributed by atoms with Gasteiger partial charge in [0.1, 0.15) is 0 Å². The first-order valence-electron chi connectivity index (χ1n) is 10.8. The zero-order valence-electron chi connectivity index (χ0n) is 18.2. The van der Waals surface area contributed by atoms with Gasteiger partial charge < -0.3 is 0 Å². The van der Waals surface area contributed by atoms with Crippen molar-refractivity contribution in [3.63, 3.8) is 0 Å². The molecule has 0 saturated carbocycles. The Balaban J connectivity index is 1.94. The average molecular weight is 433 g/mol. The van der Waals surface area contributed by atoms with Crippen LogP contribution in [0.5, 0.6) is 0 Å². The van der Waals surface area contributed by atoms with E-state index in [1.165, 1.54) is 11.1 Å². The summed E-state index contributed by atoms with van der Waals surface area (Å²) in [6.45, 7) is 4.21. The van der Waals surface area contributed by atoms with Gasteiger partial charge in [-0.05, 0) is 50.3 Å². The van der Waals surface area contributed by atoms with E-state index >= 15 is 0 Å². The molecule has 0 aliphatic heterocycles. The summed E-state index contributed by atoms with van der Waals surface area (Å²) in [7, 11) is 0. The van der Waals surface area contributed by atoms with Crippen LogP contribution in [-0.2, 0) is 0 Å². The largest absolute Gasteiger partial charge is 0.284 e. The maximum Gasteiger partial charge on any atom is 0.190 e. The number of rotatable bonds is 4. The van der Waals surface area contributed by atoms with Crippen molar-refractivity contribution < 1.29 is 0 Å². The van der Waals surface area contributed by atoms with Gasteiger partial charge in [0.2, 0.25) is 0 Å². The van der Waals surface area contributed by atoms with E-state index < -0.39 is 0 Å². The Morgan fingerprint density at radius 2 is 0.812 bits per heavy atom. The monoisotopic (exact) mass is 432 g/mol. The minimum atomic E-state index is 0.746. The Bertz CT molecular complexity index is 1300. The fraction of sp³-hybridized carbons (Fsp3) is 0.0690. The van der Waals surface area contributed by atoms with Crippen molar-refractivity contribution in [2.75, 3.05) is 0 Å². The minimum Gasteiger partial charge on any atom is -0.284 e. The Labute approximate surface area is 194 Å². The highest BCUT2D eigenvalue weighted by Crippen LogP contribution is 2.38. The van der Waals surface area contributed by atoms with Crippen molar-refractivity contribution in [1.29, 1.82) is 0 Å². The second-order valence-corrected chi connectivity index (χ2v) is 8.42. The van der Waals surface area contributed by atoms with Crippen LogP contribution in [0.4, 0.5) is 0 Å². The van der Waals surface area contributed by atoms with Gasteiger partial charge in [-0.25, -0.2) is 0 Å². The molecule has 3 heteroatoms. The standard InChI is InChI=1S/C29H24N2S/c1-21-13-17-25(18-14-21)30-27(23-9-5-3-6-10-23)28(24-11-7-4-8-12-24)31(29(30)32)26-19-15-22(2)16-20-26/h3-20H,1-2H3. The Morgan fingerprint density at radius 1 is 0.469 bits per heavy atom. The fourth-order valence-electron chi connectivity index (χ4n) is 4.09. The molecule has 0 amide bonds. The van der Waals surface area contributed by atoms with E-state index in [1.807, 2.05) is 12.1 Å². The summed E-state index contributed by atoms with van der Waals surface area (Å²) < 4.78 is 5.15. The first kappa shape index (κ1) is 20.2. The Hall–Kier alpha value is -3.69. The van der Waals surface area contributed by atoms with E-state index in [0.29, 0.717) is 0 Å². The van der Waals surface area contributed by atoms with Crippen molar-refractivity contribution in [1.82, 2.24) is 9.13 Å². The van der Waals surface area contributed by atoms with Crippen LogP contribution in [0.3, 0.4) is 0 Å². The van der Waals surface area contributed by atoms with E-state index in [2.05, 4.69) is 120 Å². The third kappa shape index (κ3) is 3.61. The molecule has 0 fully saturated rings. The van der Waals surface area contributed by atoms with Gasteiger partial charge in [0.25, 0.3) is 0 Å². The predicted molar refractivity (Wildman–Crippen MR) is 136 cm³/mol. The lowest BCUT2D eigenvalue weighted by Gasteiger charge is -2.12. The summed E-state index contributed by atoms with van der Waals surface area (Å²) in [6.07, 6.45) is 0. The number of nitrogens with zero attached hydrogens (tertiary/aromatic N) is 2. The number of aryl methyl sites for hydroxylation is 2. The quantitative estimate of drug-likeness (QED) is 0.262. The number of hydrogen-bond acceptors (Lipinski definition) is 1. The van der Waals surface area contributed by atoms with E-state index in [4.69, 9.17) is 12.2 Å². The molecule has 1 aromatic heterocycles. The summed E-state index contributed by atoms with van der Waals surface area (Å²) >= 11 is 6.16. The molecule has 0 aliphatic rings. The molecule has 5 aromatic rings. The summed E-state index contributed by atoms with van der Waals surface area (Å²) in [6, 6.07) is 38.2. The van der Waals surface area contributed by atoms with Crippen LogP contribution in [-0.4, -0.2) is 9.13 Å². The molecule has 2 nitrogen and oxygen atoms in total. The molecular weight excluding hydrogens is 408 g/mol. The van der Waals surface area contributed by atoms with Crippen LogP contribution >= 0.6 is 12.2 Å². The van der Waals surface area contributed by atoms with Gasteiger partial charge in [-0.2, -0.15) is 0 Å². The Kier molecular flexibility index (Phi) is 5.34. The number of hydrogen-bond donors (Lipinski definition) is 0. The molecule has 0 aliphatic carbocycles.